The lowest BCUT2D eigenvalue weighted by Gasteiger charge is -2.30. The molecule has 0 saturated carbocycles. The second kappa shape index (κ2) is 3.00. The van der Waals surface area contributed by atoms with E-state index in [-0.39, 0.29) is 0 Å². The molecule has 15 heavy (non-hydrogen) atoms. The maximum atomic E-state index is 12.1. The summed E-state index contributed by atoms with van der Waals surface area (Å²) in [4.78, 5) is 10.5. The summed E-state index contributed by atoms with van der Waals surface area (Å²) >= 11 is 0. The molecular weight excluding hydrogens is 234 g/mol. The standard InChI is InChI=1S/C6H4F6O3/c1-2-3(13)15-4(14-2,5(7,8)9)6(10,11)12/h2H,1H3/t2-/m0/s1. The average Bonchev–Trinajstić information content (AvgIpc) is 2.26. The molecule has 1 saturated heterocycles. The van der Waals surface area contributed by atoms with Crippen LogP contribution in [0.2, 0.25) is 0 Å². The van der Waals surface area contributed by atoms with Crippen LogP contribution < -0.4 is 0 Å². The van der Waals surface area contributed by atoms with Crippen LogP contribution in [0.5, 0.6) is 0 Å². The molecule has 1 atom stereocenters. The molecule has 1 aliphatic rings. The highest BCUT2D eigenvalue weighted by Crippen LogP contribution is 2.50. The quantitative estimate of drug-likeness (QED) is 0.476. The van der Waals surface area contributed by atoms with Gasteiger partial charge in [0.2, 0.25) is 0 Å². The van der Waals surface area contributed by atoms with Gasteiger partial charge < -0.3 is 9.47 Å². The van der Waals surface area contributed by atoms with Gasteiger partial charge in [-0.25, -0.2) is 4.79 Å². The topological polar surface area (TPSA) is 35.5 Å². The Morgan fingerprint density at radius 3 is 1.67 bits per heavy atom. The number of halogens is 6. The number of esters is 1. The van der Waals surface area contributed by atoms with Crippen molar-refractivity contribution in [2.24, 2.45) is 0 Å². The predicted octanol–water partition coefficient (Wildman–Crippen LogP) is 1.77. The third-order valence-corrected chi connectivity index (χ3v) is 1.67. The van der Waals surface area contributed by atoms with Crippen molar-refractivity contribution >= 4 is 5.97 Å². The Balaban J connectivity index is 3.18. The molecule has 1 heterocycles. The summed E-state index contributed by atoms with van der Waals surface area (Å²) < 4.78 is 79.7. The third kappa shape index (κ3) is 1.64. The van der Waals surface area contributed by atoms with E-state index in [1.807, 2.05) is 0 Å². The minimum Gasteiger partial charge on any atom is -0.414 e. The van der Waals surface area contributed by atoms with Gasteiger partial charge in [-0.05, 0) is 6.92 Å². The fourth-order valence-electron chi connectivity index (χ4n) is 0.956. The molecule has 1 aliphatic heterocycles. The van der Waals surface area contributed by atoms with E-state index in [0.29, 0.717) is 0 Å². The van der Waals surface area contributed by atoms with Crippen molar-refractivity contribution in [2.75, 3.05) is 0 Å². The van der Waals surface area contributed by atoms with Crippen LogP contribution in [0.4, 0.5) is 26.3 Å². The number of carbonyl (C=O) groups excluding carboxylic acids is 1. The van der Waals surface area contributed by atoms with Crippen LogP contribution in [0.15, 0.2) is 0 Å². The van der Waals surface area contributed by atoms with Crippen molar-refractivity contribution in [3.63, 3.8) is 0 Å². The van der Waals surface area contributed by atoms with Gasteiger partial charge in [0.25, 0.3) is 0 Å². The Bertz CT molecular complexity index is 266. The van der Waals surface area contributed by atoms with Crippen LogP contribution in [-0.4, -0.2) is 30.2 Å². The molecule has 0 bridgehead atoms. The molecule has 0 aromatic heterocycles. The smallest absolute Gasteiger partial charge is 0.414 e. The number of cyclic esters (lactones) is 1. The zero-order chi connectivity index (χ0) is 12.1. The first kappa shape index (κ1) is 12.1. The number of ether oxygens (including phenoxy) is 2. The molecule has 0 aromatic carbocycles. The Morgan fingerprint density at radius 1 is 1.13 bits per heavy atom. The van der Waals surface area contributed by atoms with Crippen molar-refractivity contribution in [1.82, 2.24) is 0 Å². The zero-order valence-electron chi connectivity index (χ0n) is 7.07. The summed E-state index contributed by atoms with van der Waals surface area (Å²) in [6, 6.07) is 0. The average molecular weight is 238 g/mol. The number of carbonyl (C=O) groups is 1. The summed E-state index contributed by atoms with van der Waals surface area (Å²) in [5.74, 6) is -6.54. The lowest BCUT2D eigenvalue weighted by Crippen LogP contribution is -2.58. The number of rotatable bonds is 0. The van der Waals surface area contributed by atoms with Crippen LogP contribution in [0.1, 0.15) is 6.92 Å². The van der Waals surface area contributed by atoms with E-state index in [9.17, 15) is 31.1 Å². The molecule has 0 amide bonds. The summed E-state index contributed by atoms with van der Waals surface area (Å²) in [6.07, 6.45) is -13.6. The molecule has 1 rings (SSSR count). The lowest BCUT2D eigenvalue weighted by molar-refractivity contribution is -0.438. The number of hydrogen-bond donors (Lipinski definition) is 0. The second-order valence-electron chi connectivity index (χ2n) is 2.79. The van der Waals surface area contributed by atoms with Crippen molar-refractivity contribution < 1.29 is 40.6 Å². The normalized spacial score (nSPS) is 26.6. The van der Waals surface area contributed by atoms with Gasteiger partial charge >= 0.3 is 24.1 Å². The van der Waals surface area contributed by atoms with Crippen LogP contribution in [0.25, 0.3) is 0 Å². The van der Waals surface area contributed by atoms with Gasteiger partial charge in [0.05, 0.1) is 0 Å². The highest BCUT2D eigenvalue weighted by atomic mass is 19.4. The molecule has 1 fully saturated rings. The summed E-state index contributed by atoms with van der Waals surface area (Å²) in [5, 5.41) is 0. The van der Waals surface area contributed by atoms with Gasteiger partial charge in [0.1, 0.15) is 0 Å². The third-order valence-electron chi connectivity index (χ3n) is 1.67. The van der Waals surface area contributed by atoms with E-state index in [0.717, 1.165) is 6.92 Å². The second-order valence-corrected chi connectivity index (χ2v) is 2.79. The van der Waals surface area contributed by atoms with Crippen molar-refractivity contribution in [2.45, 2.75) is 31.2 Å². The van der Waals surface area contributed by atoms with E-state index in [1.54, 1.807) is 0 Å². The van der Waals surface area contributed by atoms with Gasteiger partial charge in [0.15, 0.2) is 6.10 Å². The van der Waals surface area contributed by atoms with E-state index in [4.69, 9.17) is 0 Å². The maximum absolute atomic E-state index is 12.1. The molecule has 0 aliphatic carbocycles. The number of alkyl halides is 6. The minimum absolute atomic E-state index is 0.738. The van der Waals surface area contributed by atoms with Gasteiger partial charge in [0, 0.05) is 0 Å². The first-order valence-corrected chi connectivity index (χ1v) is 3.55. The van der Waals surface area contributed by atoms with Crippen LogP contribution in [0, 0.1) is 0 Å². The summed E-state index contributed by atoms with van der Waals surface area (Å²) in [6.45, 7) is 0.738. The molecule has 0 spiro atoms. The van der Waals surface area contributed by atoms with Gasteiger partial charge in [-0.3, -0.25) is 0 Å². The minimum atomic E-state index is -5.87. The van der Waals surface area contributed by atoms with Crippen molar-refractivity contribution in [3.8, 4) is 0 Å². The van der Waals surface area contributed by atoms with Gasteiger partial charge in [-0.2, -0.15) is 26.3 Å². The largest absolute Gasteiger partial charge is 0.465 e. The molecule has 3 nitrogen and oxygen atoms in total. The lowest BCUT2D eigenvalue weighted by atomic mass is 10.2. The van der Waals surface area contributed by atoms with E-state index in [1.165, 1.54) is 0 Å². The van der Waals surface area contributed by atoms with Crippen LogP contribution in [-0.2, 0) is 14.3 Å². The highest BCUT2D eigenvalue weighted by Gasteiger charge is 2.79. The molecule has 9 heteroatoms. The van der Waals surface area contributed by atoms with Crippen LogP contribution in [0.3, 0.4) is 0 Å². The molecular formula is C6H4F6O3. The van der Waals surface area contributed by atoms with Crippen molar-refractivity contribution in [3.05, 3.63) is 0 Å². The van der Waals surface area contributed by atoms with E-state index >= 15 is 0 Å². The Hall–Kier alpha value is -0.990. The fraction of sp³-hybridized carbons (Fsp3) is 0.833. The van der Waals surface area contributed by atoms with Gasteiger partial charge in [-0.15, -0.1) is 0 Å². The van der Waals surface area contributed by atoms with E-state index in [2.05, 4.69) is 9.47 Å². The highest BCUT2D eigenvalue weighted by molar-refractivity contribution is 5.76. The predicted molar refractivity (Wildman–Crippen MR) is 31.5 cm³/mol. The Morgan fingerprint density at radius 2 is 1.53 bits per heavy atom. The fourth-order valence-corrected chi connectivity index (χ4v) is 0.956. The first-order chi connectivity index (χ1) is 6.51. The molecule has 88 valence electrons. The Labute approximate surface area is 78.9 Å². The molecule has 0 N–H and O–H groups in total. The molecule has 0 unspecified atom stereocenters. The molecule has 0 aromatic rings. The summed E-state index contributed by atoms with van der Waals surface area (Å²) in [7, 11) is 0. The van der Waals surface area contributed by atoms with Gasteiger partial charge in [-0.1, -0.05) is 0 Å². The first-order valence-electron chi connectivity index (χ1n) is 3.55. The number of hydrogen-bond acceptors (Lipinski definition) is 3. The molecule has 0 radical (unpaired) electrons. The van der Waals surface area contributed by atoms with Crippen molar-refractivity contribution in [1.29, 1.82) is 0 Å². The van der Waals surface area contributed by atoms with E-state index < -0.39 is 30.2 Å². The summed E-state index contributed by atoms with van der Waals surface area (Å²) in [5.41, 5.74) is 0. The monoisotopic (exact) mass is 238 g/mol. The SMILES string of the molecule is C[C@@H]1OC(C(F)(F)F)(C(F)(F)F)OC1=O. The van der Waals surface area contributed by atoms with Crippen LogP contribution >= 0.6 is 0 Å². The zero-order valence-corrected chi connectivity index (χ0v) is 7.07. The maximum Gasteiger partial charge on any atom is 0.465 e. The Kier molecular flexibility index (Phi) is 2.42.